The van der Waals surface area contributed by atoms with E-state index in [1.807, 2.05) is 6.08 Å². The van der Waals surface area contributed by atoms with E-state index in [1.54, 1.807) is 0 Å². The lowest BCUT2D eigenvalue weighted by molar-refractivity contribution is -0.137. The fraction of sp³-hybridized carbons (Fsp3) is 0.773. The van der Waals surface area contributed by atoms with Gasteiger partial charge in [0.1, 0.15) is 0 Å². The van der Waals surface area contributed by atoms with Crippen LogP contribution in [0.5, 0.6) is 0 Å². The molecule has 2 fully saturated rings. The van der Waals surface area contributed by atoms with E-state index in [2.05, 4.69) is 26.0 Å². The Hall–Kier alpha value is -1.13. The summed E-state index contributed by atoms with van der Waals surface area (Å²) in [7, 11) is 0. The van der Waals surface area contributed by atoms with E-state index in [1.165, 1.54) is 5.57 Å². The van der Waals surface area contributed by atoms with E-state index in [4.69, 9.17) is 5.11 Å². The zero-order valence-electron chi connectivity index (χ0n) is 16.4. The van der Waals surface area contributed by atoms with Crippen LogP contribution < -0.4 is 0 Å². The molecule has 2 aliphatic carbocycles. The van der Waals surface area contributed by atoms with Crippen molar-refractivity contribution >= 4 is 5.97 Å². The summed E-state index contributed by atoms with van der Waals surface area (Å²) in [6.07, 6.45) is 14.1. The van der Waals surface area contributed by atoms with E-state index < -0.39 is 12.1 Å². The molecule has 0 unspecified atom stereocenters. The van der Waals surface area contributed by atoms with Crippen LogP contribution in [0.1, 0.15) is 78.1 Å². The SMILES string of the molecule is CCCCC[C@@H](O)/C=C/[C@@H]1[C@@H](O)C[C@@]2(C)C/C(=C/CCCC(=O)O)C[C@@H]12. The van der Waals surface area contributed by atoms with Gasteiger partial charge >= 0.3 is 5.97 Å². The van der Waals surface area contributed by atoms with Gasteiger partial charge in [-0.25, -0.2) is 0 Å². The minimum absolute atomic E-state index is 0.116. The zero-order valence-corrected chi connectivity index (χ0v) is 16.4. The van der Waals surface area contributed by atoms with Gasteiger partial charge in [0.05, 0.1) is 12.2 Å². The molecular formula is C22H36O4. The number of allylic oxidation sites excluding steroid dienone is 2. The predicted molar refractivity (Wildman–Crippen MR) is 104 cm³/mol. The second-order valence-electron chi connectivity index (χ2n) is 8.59. The van der Waals surface area contributed by atoms with Crippen LogP contribution in [-0.4, -0.2) is 33.5 Å². The van der Waals surface area contributed by atoms with Crippen LogP contribution >= 0.6 is 0 Å². The second-order valence-corrected chi connectivity index (χ2v) is 8.59. The monoisotopic (exact) mass is 364 g/mol. The van der Waals surface area contributed by atoms with Crippen molar-refractivity contribution < 1.29 is 20.1 Å². The highest BCUT2D eigenvalue weighted by Gasteiger charge is 2.52. The van der Waals surface area contributed by atoms with Crippen LogP contribution in [0.15, 0.2) is 23.8 Å². The molecule has 5 atom stereocenters. The number of unbranched alkanes of at least 4 members (excludes halogenated alkanes) is 3. The lowest BCUT2D eigenvalue weighted by Crippen LogP contribution is -2.19. The first-order valence-electron chi connectivity index (χ1n) is 10.3. The Morgan fingerprint density at radius 3 is 2.81 bits per heavy atom. The van der Waals surface area contributed by atoms with Crippen molar-refractivity contribution in [2.24, 2.45) is 17.3 Å². The second kappa shape index (κ2) is 9.70. The molecule has 0 bridgehead atoms. The number of rotatable bonds is 10. The number of fused-ring (bicyclic) bond motifs is 1. The third kappa shape index (κ3) is 5.68. The van der Waals surface area contributed by atoms with Crippen LogP contribution in [0.25, 0.3) is 0 Å². The topological polar surface area (TPSA) is 77.8 Å². The molecule has 2 saturated carbocycles. The maximum atomic E-state index is 10.6. The van der Waals surface area contributed by atoms with Crippen molar-refractivity contribution in [3.63, 3.8) is 0 Å². The third-order valence-electron chi connectivity index (χ3n) is 6.28. The minimum Gasteiger partial charge on any atom is -0.481 e. The van der Waals surface area contributed by atoms with Gasteiger partial charge in [0.25, 0.3) is 0 Å². The number of aliphatic hydroxyl groups excluding tert-OH is 2. The van der Waals surface area contributed by atoms with Gasteiger partial charge in [0.2, 0.25) is 0 Å². The lowest BCUT2D eigenvalue weighted by Gasteiger charge is -2.24. The van der Waals surface area contributed by atoms with E-state index in [0.717, 1.165) is 51.4 Å². The van der Waals surface area contributed by atoms with Crippen LogP contribution in [0.3, 0.4) is 0 Å². The quantitative estimate of drug-likeness (QED) is 0.395. The Labute approximate surface area is 158 Å². The summed E-state index contributed by atoms with van der Waals surface area (Å²) in [5.41, 5.74) is 1.54. The van der Waals surface area contributed by atoms with Crippen molar-refractivity contribution in [2.45, 2.75) is 90.3 Å². The van der Waals surface area contributed by atoms with Gasteiger partial charge in [-0.15, -0.1) is 0 Å². The van der Waals surface area contributed by atoms with Gasteiger partial charge in [0, 0.05) is 12.3 Å². The minimum atomic E-state index is -0.732. The Bertz CT molecular complexity index is 524. The van der Waals surface area contributed by atoms with E-state index in [-0.39, 0.29) is 23.9 Å². The number of carboxylic acids is 1. The number of aliphatic hydroxyl groups is 2. The fourth-order valence-corrected chi connectivity index (χ4v) is 4.89. The highest BCUT2D eigenvalue weighted by molar-refractivity contribution is 5.66. The summed E-state index contributed by atoms with van der Waals surface area (Å²) in [5.74, 6) is -0.197. The maximum Gasteiger partial charge on any atom is 0.303 e. The molecule has 148 valence electrons. The molecule has 4 nitrogen and oxygen atoms in total. The molecule has 4 heteroatoms. The largest absolute Gasteiger partial charge is 0.481 e. The third-order valence-corrected chi connectivity index (χ3v) is 6.28. The van der Waals surface area contributed by atoms with Gasteiger partial charge in [-0.2, -0.15) is 0 Å². The maximum absolute atomic E-state index is 10.6. The van der Waals surface area contributed by atoms with Crippen molar-refractivity contribution in [3.05, 3.63) is 23.8 Å². The Morgan fingerprint density at radius 2 is 2.12 bits per heavy atom. The summed E-state index contributed by atoms with van der Waals surface area (Å²) < 4.78 is 0. The molecule has 0 radical (unpaired) electrons. The van der Waals surface area contributed by atoms with E-state index >= 15 is 0 Å². The number of aliphatic carboxylic acids is 1. The standard InChI is InChI=1S/C22H36O4/c1-3-4-5-9-17(23)11-12-18-19-13-16(8-6-7-10-21(25)26)14-22(19,2)15-20(18)24/h8,11-12,17-20,23-24H,3-7,9-10,13-15H2,1-2H3,(H,25,26)/b12-11+,16-8+/t17-,18+,19+,20+,22-/m1/s1. The van der Waals surface area contributed by atoms with Crippen molar-refractivity contribution in [1.29, 1.82) is 0 Å². The highest BCUT2D eigenvalue weighted by Crippen LogP contribution is 2.58. The Balaban J connectivity index is 1.91. The molecule has 0 amide bonds. The van der Waals surface area contributed by atoms with Crippen molar-refractivity contribution in [1.82, 2.24) is 0 Å². The van der Waals surface area contributed by atoms with Crippen molar-refractivity contribution in [2.75, 3.05) is 0 Å². The summed E-state index contributed by atoms with van der Waals surface area (Å²) in [6.45, 7) is 4.43. The molecule has 0 aliphatic heterocycles. The first-order chi connectivity index (χ1) is 12.4. The van der Waals surface area contributed by atoms with Gasteiger partial charge in [0.15, 0.2) is 0 Å². The predicted octanol–water partition coefficient (Wildman–Crippen LogP) is 4.46. The van der Waals surface area contributed by atoms with E-state index in [9.17, 15) is 15.0 Å². The average Bonchev–Trinajstić information content (AvgIpc) is 2.99. The van der Waals surface area contributed by atoms with Gasteiger partial charge in [-0.3, -0.25) is 4.79 Å². The summed E-state index contributed by atoms with van der Waals surface area (Å²) in [4.78, 5) is 10.6. The summed E-state index contributed by atoms with van der Waals surface area (Å²) >= 11 is 0. The summed E-state index contributed by atoms with van der Waals surface area (Å²) in [5, 5.41) is 29.4. The number of carbonyl (C=O) groups is 1. The van der Waals surface area contributed by atoms with Gasteiger partial charge in [-0.1, -0.05) is 56.9 Å². The van der Waals surface area contributed by atoms with Crippen LogP contribution in [0, 0.1) is 17.3 Å². The first kappa shape index (κ1) is 21.2. The normalized spacial score (nSPS) is 33.8. The molecule has 0 saturated heterocycles. The van der Waals surface area contributed by atoms with Crippen LogP contribution in [0.2, 0.25) is 0 Å². The van der Waals surface area contributed by atoms with Gasteiger partial charge < -0.3 is 15.3 Å². The lowest BCUT2D eigenvalue weighted by atomic mass is 9.80. The molecule has 0 heterocycles. The molecule has 2 aliphatic rings. The average molecular weight is 365 g/mol. The number of hydrogen-bond acceptors (Lipinski definition) is 3. The zero-order chi connectivity index (χ0) is 19.2. The molecule has 3 N–H and O–H groups in total. The van der Waals surface area contributed by atoms with Crippen molar-refractivity contribution in [3.8, 4) is 0 Å². The first-order valence-corrected chi connectivity index (χ1v) is 10.3. The number of hydrogen-bond donors (Lipinski definition) is 3. The van der Waals surface area contributed by atoms with Gasteiger partial charge in [-0.05, 0) is 49.9 Å². The van der Waals surface area contributed by atoms with Crippen LogP contribution in [-0.2, 0) is 4.79 Å². The number of carboxylic acid groups (broad SMARTS) is 1. The Kier molecular flexibility index (Phi) is 7.90. The molecule has 0 aromatic carbocycles. The fourth-order valence-electron chi connectivity index (χ4n) is 4.89. The van der Waals surface area contributed by atoms with E-state index in [0.29, 0.717) is 12.3 Å². The van der Waals surface area contributed by atoms with Crippen LogP contribution in [0.4, 0.5) is 0 Å². The summed E-state index contributed by atoms with van der Waals surface area (Å²) in [6, 6.07) is 0. The highest BCUT2D eigenvalue weighted by atomic mass is 16.4. The molecular weight excluding hydrogens is 328 g/mol. The Morgan fingerprint density at radius 1 is 1.35 bits per heavy atom. The molecule has 0 aromatic heterocycles. The molecule has 26 heavy (non-hydrogen) atoms. The molecule has 0 aromatic rings. The smallest absolute Gasteiger partial charge is 0.303 e. The molecule has 2 rings (SSSR count). The molecule has 0 spiro atoms.